The molecule has 1 atom stereocenters. The van der Waals surface area contributed by atoms with Crippen LogP contribution in [-0.4, -0.2) is 5.04 Å². The van der Waals surface area contributed by atoms with E-state index in [2.05, 4.69) is 38.6 Å². The fraction of sp³-hybridized carbons (Fsp3) is 0.0952. The summed E-state index contributed by atoms with van der Waals surface area (Å²) in [7, 11) is 0. The van der Waals surface area contributed by atoms with Crippen molar-refractivity contribution in [1.82, 2.24) is 5.43 Å². The maximum atomic E-state index is 13.0. The lowest BCUT2D eigenvalue weighted by atomic mass is 10.2. The molecule has 6 heteroatoms. The molecule has 1 heterocycles. The largest absolute Gasteiger partial charge is 0.488 e. The van der Waals surface area contributed by atoms with E-state index in [1.54, 1.807) is 23.9 Å². The molecule has 1 aliphatic heterocycles. The third-order valence-corrected chi connectivity index (χ3v) is 5.88. The highest BCUT2D eigenvalue weighted by Crippen LogP contribution is 2.37. The van der Waals surface area contributed by atoms with Crippen molar-refractivity contribution in [2.45, 2.75) is 12.0 Å². The van der Waals surface area contributed by atoms with Gasteiger partial charge in [0.05, 0.1) is 4.47 Å². The minimum atomic E-state index is -0.247. The highest BCUT2D eigenvalue weighted by Gasteiger charge is 2.22. The molecule has 0 aromatic heterocycles. The first-order valence-electron chi connectivity index (χ1n) is 8.41. The summed E-state index contributed by atoms with van der Waals surface area (Å²) in [5, 5.41) is 5.49. The van der Waals surface area contributed by atoms with Crippen LogP contribution < -0.4 is 10.2 Å². The Labute approximate surface area is 169 Å². The summed E-state index contributed by atoms with van der Waals surface area (Å²) in [4.78, 5) is 0. The number of nitrogens with zero attached hydrogens (tertiary/aromatic N) is 1. The lowest BCUT2D eigenvalue weighted by molar-refractivity contribution is 0.304. The Morgan fingerprint density at radius 2 is 1.81 bits per heavy atom. The van der Waals surface area contributed by atoms with E-state index in [9.17, 15) is 4.39 Å². The predicted molar refractivity (Wildman–Crippen MR) is 111 cm³/mol. The molecule has 0 amide bonds. The summed E-state index contributed by atoms with van der Waals surface area (Å²) in [6, 6.07) is 22.4. The third kappa shape index (κ3) is 4.34. The molecule has 0 saturated carbocycles. The van der Waals surface area contributed by atoms with Crippen molar-refractivity contribution >= 4 is 32.7 Å². The fourth-order valence-corrected chi connectivity index (χ4v) is 4.18. The summed E-state index contributed by atoms with van der Waals surface area (Å²) in [6.07, 6.45) is 0. The van der Waals surface area contributed by atoms with Crippen LogP contribution in [0.25, 0.3) is 0 Å². The van der Waals surface area contributed by atoms with Gasteiger partial charge in [-0.05, 0) is 51.3 Å². The van der Waals surface area contributed by atoms with Crippen LogP contribution in [0.15, 0.2) is 82.4 Å². The Morgan fingerprint density at radius 1 is 1.04 bits per heavy atom. The number of hydrazone groups is 1. The highest BCUT2D eigenvalue weighted by molar-refractivity contribution is 9.10. The lowest BCUT2D eigenvalue weighted by Crippen LogP contribution is -2.06. The van der Waals surface area contributed by atoms with Gasteiger partial charge in [-0.25, -0.2) is 4.39 Å². The van der Waals surface area contributed by atoms with E-state index >= 15 is 0 Å². The first-order valence-corrected chi connectivity index (χ1v) is 10.1. The summed E-state index contributed by atoms with van der Waals surface area (Å²) in [6.45, 7) is 0.385. The van der Waals surface area contributed by atoms with Gasteiger partial charge in [0, 0.05) is 5.56 Å². The summed E-state index contributed by atoms with van der Waals surface area (Å²) >= 11 is 5.26. The van der Waals surface area contributed by atoms with E-state index in [4.69, 9.17) is 4.74 Å². The van der Waals surface area contributed by atoms with Crippen LogP contribution in [0.1, 0.15) is 22.1 Å². The minimum absolute atomic E-state index is 0.0580. The van der Waals surface area contributed by atoms with Crippen molar-refractivity contribution in [3.63, 3.8) is 0 Å². The molecule has 0 saturated heterocycles. The molecule has 1 aliphatic rings. The Balaban J connectivity index is 1.41. The predicted octanol–water partition coefficient (Wildman–Crippen LogP) is 5.86. The maximum absolute atomic E-state index is 13.0. The molecule has 0 radical (unpaired) electrons. The van der Waals surface area contributed by atoms with Crippen molar-refractivity contribution in [2.24, 2.45) is 5.10 Å². The average molecular weight is 443 g/mol. The van der Waals surface area contributed by atoms with Crippen molar-refractivity contribution in [2.75, 3.05) is 0 Å². The first-order chi connectivity index (χ1) is 13.2. The Hall–Kier alpha value is -2.31. The summed E-state index contributed by atoms with van der Waals surface area (Å²) < 4.78 is 19.7. The molecular formula is C21H16BrFN2OS. The van der Waals surface area contributed by atoms with Gasteiger partial charge >= 0.3 is 0 Å². The number of hydrogen-bond acceptors (Lipinski definition) is 4. The number of nitrogens with one attached hydrogen (secondary N) is 1. The van der Waals surface area contributed by atoms with Crippen molar-refractivity contribution in [3.05, 3.63) is 99.8 Å². The molecule has 1 N–H and O–H groups in total. The van der Waals surface area contributed by atoms with Gasteiger partial charge in [0.25, 0.3) is 0 Å². The number of benzene rings is 3. The quantitative estimate of drug-likeness (QED) is 0.536. The first kappa shape index (κ1) is 18.1. The third-order valence-electron chi connectivity index (χ3n) is 4.10. The standard InChI is InChI=1S/C21H16BrFN2OS/c22-18-12-16(21-25-24-20(27-21)15-4-2-1-3-5-15)8-11-19(18)26-13-14-6-9-17(23)10-7-14/h1-12,21,25H,13H2. The molecule has 4 rings (SSSR count). The zero-order valence-electron chi connectivity index (χ0n) is 14.2. The molecule has 3 aromatic rings. The second-order valence-electron chi connectivity index (χ2n) is 6.01. The Kier molecular flexibility index (Phi) is 5.45. The molecule has 136 valence electrons. The topological polar surface area (TPSA) is 33.6 Å². The number of hydrogen-bond donors (Lipinski definition) is 1. The number of rotatable bonds is 5. The zero-order chi connectivity index (χ0) is 18.6. The Morgan fingerprint density at radius 3 is 2.56 bits per heavy atom. The van der Waals surface area contributed by atoms with Gasteiger partial charge in [-0.15, -0.1) is 0 Å². The zero-order valence-corrected chi connectivity index (χ0v) is 16.6. The molecular weight excluding hydrogens is 427 g/mol. The number of ether oxygens (including phenoxy) is 1. The van der Waals surface area contributed by atoms with Gasteiger partial charge in [0.1, 0.15) is 28.6 Å². The van der Waals surface area contributed by atoms with Crippen LogP contribution in [0.3, 0.4) is 0 Å². The molecule has 0 fully saturated rings. The van der Waals surface area contributed by atoms with E-state index < -0.39 is 0 Å². The maximum Gasteiger partial charge on any atom is 0.134 e. The van der Waals surface area contributed by atoms with Gasteiger partial charge in [0.15, 0.2) is 0 Å². The lowest BCUT2D eigenvalue weighted by Gasteiger charge is -2.13. The van der Waals surface area contributed by atoms with Crippen LogP contribution in [0.4, 0.5) is 4.39 Å². The van der Waals surface area contributed by atoms with Gasteiger partial charge < -0.3 is 4.74 Å². The Bertz CT molecular complexity index is 964. The minimum Gasteiger partial charge on any atom is -0.488 e. The van der Waals surface area contributed by atoms with E-state index in [-0.39, 0.29) is 11.2 Å². The monoisotopic (exact) mass is 442 g/mol. The van der Waals surface area contributed by atoms with Crippen LogP contribution in [-0.2, 0) is 6.61 Å². The van der Waals surface area contributed by atoms with E-state index in [1.807, 2.05) is 36.4 Å². The number of halogens is 2. The fourth-order valence-electron chi connectivity index (χ4n) is 2.68. The van der Waals surface area contributed by atoms with E-state index in [0.29, 0.717) is 6.61 Å². The summed E-state index contributed by atoms with van der Waals surface area (Å²) in [5.41, 5.74) is 6.32. The molecule has 0 bridgehead atoms. The van der Waals surface area contributed by atoms with Crippen LogP contribution in [0, 0.1) is 5.82 Å². The van der Waals surface area contributed by atoms with Crippen molar-refractivity contribution in [3.8, 4) is 5.75 Å². The normalized spacial score (nSPS) is 15.9. The average Bonchev–Trinajstić information content (AvgIpc) is 3.19. The molecule has 3 nitrogen and oxygen atoms in total. The van der Waals surface area contributed by atoms with Gasteiger partial charge in [-0.2, -0.15) is 5.10 Å². The van der Waals surface area contributed by atoms with Gasteiger partial charge in [-0.3, -0.25) is 5.43 Å². The van der Waals surface area contributed by atoms with Crippen molar-refractivity contribution in [1.29, 1.82) is 0 Å². The SMILES string of the molecule is Fc1ccc(COc2ccc(C3NN=C(c4ccccc4)S3)cc2Br)cc1. The second-order valence-corrected chi connectivity index (χ2v) is 7.96. The van der Waals surface area contributed by atoms with E-state index in [1.165, 1.54) is 12.1 Å². The second kappa shape index (κ2) is 8.15. The molecule has 1 unspecified atom stereocenters. The highest BCUT2D eigenvalue weighted by atomic mass is 79.9. The van der Waals surface area contributed by atoms with E-state index in [0.717, 1.165) is 32.0 Å². The smallest absolute Gasteiger partial charge is 0.134 e. The molecule has 0 spiro atoms. The van der Waals surface area contributed by atoms with Crippen LogP contribution in [0.2, 0.25) is 0 Å². The summed E-state index contributed by atoms with van der Waals surface area (Å²) in [5.74, 6) is 0.498. The van der Waals surface area contributed by atoms with Crippen LogP contribution >= 0.6 is 27.7 Å². The number of thioether (sulfide) groups is 1. The van der Waals surface area contributed by atoms with Gasteiger partial charge in [0.2, 0.25) is 0 Å². The molecule has 27 heavy (non-hydrogen) atoms. The molecule has 3 aromatic carbocycles. The molecule has 0 aliphatic carbocycles. The van der Waals surface area contributed by atoms with Crippen LogP contribution in [0.5, 0.6) is 5.75 Å². The van der Waals surface area contributed by atoms with Gasteiger partial charge in [-0.1, -0.05) is 60.3 Å². The van der Waals surface area contributed by atoms with Crippen molar-refractivity contribution < 1.29 is 9.13 Å².